The van der Waals surface area contributed by atoms with Crippen molar-refractivity contribution in [2.24, 2.45) is 5.92 Å². The van der Waals surface area contributed by atoms with E-state index < -0.39 is 17.8 Å². The summed E-state index contributed by atoms with van der Waals surface area (Å²) in [6.45, 7) is 6.63. The summed E-state index contributed by atoms with van der Waals surface area (Å²) in [5.41, 5.74) is 0.782. The van der Waals surface area contributed by atoms with E-state index in [1.165, 1.54) is 19.1 Å². The predicted octanol–water partition coefficient (Wildman–Crippen LogP) is 2.20. The number of hydrogen-bond acceptors (Lipinski definition) is 3. The van der Waals surface area contributed by atoms with Crippen molar-refractivity contribution in [3.8, 4) is 5.75 Å². The summed E-state index contributed by atoms with van der Waals surface area (Å²) in [6.07, 6.45) is 0. The van der Waals surface area contributed by atoms with Gasteiger partial charge in [0.1, 0.15) is 6.04 Å². The molecule has 0 aliphatic rings. The Labute approximate surface area is 112 Å². The lowest BCUT2D eigenvalue weighted by Gasteiger charge is -2.20. The summed E-state index contributed by atoms with van der Waals surface area (Å²) in [7, 11) is 0. The number of halogens is 1. The molecule has 1 aromatic carbocycles. The van der Waals surface area contributed by atoms with Gasteiger partial charge in [0.2, 0.25) is 5.91 Å². The fourth-order valence-electron chi connectivity index (χ4n) is 1.58. The van der Waals surface area contributed by atoms with Gasteiger partial charge >= 0.3 is 5.97 Å². The third-order valence-electron chi connectivity index (χ3n) is 2.58. The molecule has 1 atom stereocenters. The van der Waals surface area contributed by atoms with Crippen LogP contribution in [0.15, 0.2) is 18.2 Å². The van der Waals surface area contributed by atoms with E-state index in [9.17, 15) is 14.0 Å². The van der Waals surface area contributed by atoms with Crippen LogP contribution in [0.2, 0.25) is 0 Å². The van der Waals surface area contributed by atoms with Gasteiger partial charge in [0.25, 0.3) is 0 Å². The van der Waals surface area contributed by atoms with Crippen molar-refractivity contribution in [3.63, 3.8) is 0 Å². The first-order valence-electron chi connectivity index (χ1n) is 6.06. The first-order valence-corrected chi connectivity index (χ1v) is 6.06. The lowest BCUT2D eigenvalue weighted by Crippen LogP contribution is -2.45. The molecular weight excluding hydrogens is 249 g/mol. The standard InChI is InChI=1S/C14H18FNO3/c1-8(2)13(16-10(4)17)14(18)19-12-7-9(3)5-6-11(12)15/h5-8,13H,1-4H3,(H,16,17)/t13-/m1/s1. The summed E-state index contributed by atoms with van der Waals surface area (Å²) < 4.78 is 18.5. The van der Waals surface area contributed by atoms with E-state index in [0.717, 1.165) is 5.56 Å². The minimum absolute atomic E-state index is 0.124. The normalized spacial score (nSPS) is 12.1. The van der Waals surface area contributed by atoms with Crippen LogP contribution in [0.5, 0.6) is 5.75 Å². The molecule has 0 aliphatic carbocycles. The topological polar surface area (TPSA) is 55.4 Å². The van der Waals surface area contributed by atoms with E-state index in [4.69, 9.17) is 4.74 Å². The zero-order chi connectivity index (χ0) is 14.6. The highest BCUT2D eigenvalue weighted by atomic mass is 19.1. The summed E-state index contributed by atoms with van der Waals surface area (Å²) in [5, 5.41) is 2.50. The Morgan fingerprint density at radius 1 is 1.32 bits per heavy atom. The molecule has 1 N–H and O–H groups in total. The van der Waals surface area contributed by atoms with E-state index in [1.807, 2.05) is 0 Å². The van der Waals surface area contributed by atoms with Gasteiger partial charge in [-0.05, 0) is 30.5 Å². The molecule has 0 aliphatic heterocycles. The average Bonchev–Trinajstić information content (AvgIpc) is 2.30. The smallest absolute Gasteiger partial charge is 0.334 e. The van der Waals surface area contributed by atoms with E-state index in [0.29, 0.717) is 0 Å². The van der Waals surface area contributed by atoms with Gasteiger partial charge in [-0.25, -0.2) is 9.18 Å². The monoisotopic (exact) mass is 267 g/mol. The van der Waals surface area contributed by atoms with Crippen molar-refractivity contribution in [2.75, 3.05) is 0 Å². The Balaban J connectivity index is 2.87. The van der Waals surface area contributed by atoms with Crippen molar-refractivity contribution in [1.82, 2.24) is 5.32 Å². The molecule has 0 unspecified atom stereocenters. The minimum Gasteiger partial charge on any atom is -0.422 e. The van der Waals surface area contributed by atoms with Crippen molar-refractivity contribution in [3.05, 3.63) is 29.6 Å². The molecular formula is C14H18FNO3. The lowest BCUT2D eigenvalue weighted by atomic mass is 10.0. The Bertz CT molecular complexity index is 486. The molecule has 0 aromatic heterocycles. The number of hydrogen-bond donors (Lipinski definition) is 1. The highest BCUT2D eigenvalue weighted by Crippen LogP contribution is 2.19. The number of rotatable bonds is 4. The van der Waals surface area contributed by atoms with Gasteiger partial charge < -0.3 is 10.1 Å². The second-order valence-corrected chi connectivity index (χ2v) is 4.78. The molecule has 104 valence electrons. The fraction of sp³-hybridized carbons (Fsp3) is 0.429. The van der Waals surface area contributed by atoms with E-state index in [-0.39, 0.29) is 17.6 Å². The zero-order valence-electron chi connectivity index (χ0n) is 11.5. The van der Waals surface area contributed by atoms with Crippen LogP contribution in [0.25, 0.3) is 0 Å². The number of benzene rings is 1. The van der Waals surface area contributed by atoms with Crippen LogP contribution in [-0.2, 0) is 9.59 Å². The molecule has 0 radical (unpaired) electrons. The highest BCUT2D eigenvalue weighted by molar-refractivity contribution is 5.84. The second-order valence-electron chi connectivity index (χ2n) is 4.78. The van der Waals surface area contributed by atoms with Crippen LogP contribution in [0.4, 0.5) is 4.39 Å². The van der Waals surface area contributed by atoms with Crippen molar-refractivity contribution >= 4 is 11.9 Å². The zero-order valence-corrected chi connectivity index (χ0v) is 11.5. The van der Waals surface area contributed by atoms with E-state index in [2.05, 4.69) is 5.32 Å². The molecule has 5 heteroatoms. The summed E-state index contributed by atoms with van der Waals surface area (Å²) in [6, 6.07) is 3.47. The molecule has 0 spiro atoms. The summed E-state index contributed by atoms with van der Waals surface area (Å²) >= 11 is 0. The van der Waals surface area contributed by atoms with Crippen molar-refractivity contribution < 1.29 is 18.7 Å². The number of nitrogens with one attached hydrogen (secondary N) is 1. The average molecular weight is 267 g/mol. The first kappa shape index (κ1) is 15.1. The van der Waals surface area contributed by atoms with Gasteiger partial charge in [0, 0.05) is 6.92 Å². The fourth-order valence-corrected chi connectivity index (χ4v) is 1.58. The maximum Gasteiger partial charge on any atom is 0.334 e. The maximum absolute atomic E-state index is 13.5. The Hall–Kier alpha value is -1.91. The van der Waals surface area contributed by atoms with Gasteiger partial charge in [-0.3, -0.25) is 4.79 Å². The van der Waals surface area contributed by atoms with Gasteiger partial charge in [0.15, 0.2) is 11.6 Å². The molecule has 0 heterocycles. The Kier molecular flexibility index (Phi) is 5.03. The minimum atomic E-state index is -0.794. The van der Waals surface area contributed by atoms with Crippen molar-refractivity contribution in [2.45, 2.75) is 33.7 Å². The predicted molar refractivity (Wildman–Crippen MR) is 69.2 cm³/mol. The molecule has 19 heavy (non-hydrogen) atoms. The van der Waals surface area contributed by atoms with Crippen LogP contribution in [0, 0.1) is 18.7 Å². The Morgan fingerprint density at radius 3 is 2.47 bits per heavy atom. The number of aryl methyl sites for hydroxylation is 1. The number of esters is 1. The lowest BCUT2D eigenvalue weighted by molar-refractivity contribution is -0.140. The molecule has 4 nitrogen and oxygen atoms in total. The Morgan fingerprint density at radius 2 is 1.95 bits per heavy atom. The van der Waals surface area contributed by atoms with Gasteiger partial charge in [0.05, 0.1) is 0 Å². The summed E-state index contributed by atoms with van der Waals surface area (Å²) in [5.74, 6) is -1.88. The number of amides is 1. The molecule has 0 saturated heterocycles. The number of carbonyl (C=O) groups is 2. The van der Waals surface area contributed by atoms with Crippen LogP contribution < -0.4 is 10.1 Å². The third-order valence-corrected chi connectivity index (χ3v) is 2.58. The van der Waals surface area contributed by atoms with Crippen molar-refractivity contribution in [1.29, 1.82) is 0 Å². The molecule has 1 aromatic rings. The molecule has 1 rings (SSSR count). The van der Waals surface area contributed by atoms with E-state index in [1.54, 1.807) is 26.8 Å². The highest BCUT2D eigenvalue weighted by Gasteiger charge is 2.25. The van der Waals surface area contributed by atoms with Crippen LogP contribution in [0.1, 0.15) is 26.3 Å². The van der Waals surface area contributed by atoms with Gasteiger partial charge in [-0.1, -0.05) is 19.9 Å². The SMILES string of the molecule is CC(=O)N[C@@H](C(=O)Oc1cc(C)ccc1F)C(C)C. The van der Waals surface area contributed by atoms with Crippen LogP contribution in [-0.4, -0.2) is 17.9 Å². The quantitative estimate of drug-likeness (QED) is 0.672. The number of ether oxygens (including phenoxy) is 1. The van der Waals surface area contributed by atoms with Gasteiger partial charge in [-0.15, -0.1) is 0 Å². The van der Waals surface area contributed by atoms with Crippen LogP contribution in [0.3, 0.4) is 0 Å². The first-order chi connectivity index (χ1) is 8.81. The molecule has 1 amide bonds. The molecule has 0 fully saturated rings. The maximum atomic E-state index is 13.5. The largest absolute Gasteiger partial charge is 0.422 e. The van der Waals surface area contributed by atoms with Gasteiger partial charge in [-0.2, -0.15) is 0 Å². The van der Waals surface area contributed by atoms with E-state index >= 15 is 0 Å². The van der Waals surface area contributed by atoms with Crippen LogP contribution >= 0.6 is 0 Å². The molecule has 0 bridgehead atoms. The number of carbonyl (C=O) groups excluding carboxylic acids is 2. The second kappa shape index (κ2) is 6.31. The summed E-state index contributed by atoms with van der Waals surface area (Å²) in [4.78, 5) is 23.0. The third kappa shape index (κ3) is 4.35. The molecule has 0 saturated carbocycles.